The Hall–Kier alpha value is -2.15. The van der Waals surface area contributed by atoms with Crippen molar-refractivity contribution in [3.05, 3.63) is 18.2 Å². The summed E-state index contributed by atoms with van der Waals surface area (Å²) >= 11 is 0.983. The highest BCUT2D eigenvalue weighted by Crippen LogP contribution is 2.25. The number of sulfonamides is 1. The Kier molecular flexibility index (Phi) is 6.27. The molecule has 0 atom stereocenters. The molecule has 4 rings (SSSR count). The second-order valence-electron chi connectivity index (χ2n) is 7.57. The molecule has 1 saturated heterocycles. The van der Waals surface area contributed by atoms with Gasteiger partial charge in [0.25, 0.3) is 0 Å². The van der Waals surface area contributed by atoms with Crippen LogP contribution in [-0.2, 0) is 14.8 Å². The van der Waals surface area contributed by atoms with E-state index < -0.39 is 16.1 Å². The van der Waals surface area contributed by atoms with Gasteiger partial charge in [0.05, 0.1) is 18.3 Å². The Labute approximate surface area is 179 Å². The number of benzene rings is 1. The zero-order valence-electron chi connectivity index (χ0n) is 16.4. The quantitative estimate of drug-likeness (QED) is 0.686. The van der Waals surface area contributed by atoms with Gasteiger partial charge in [0.1, 0.15) is 15.9 Å². The normalized spacial score (nSPS) is 19.2. The van der Waals surface area contributed by atoms with Gasteiger partial charge < -0.3 is 5.32 Å². The van der Waals surface area contributed by atoms with Gasteiger partial charge in [0.2, 0.25) is 15.9 Å². The Balaban J connectivity index is 1.29. The maximum Gasteiger partial charge on any atom is 0.321 e. The highest BCUT2D eigenvalue weighted by Gasteiger charge is 2.31. The second kappa shape index (κ2) is 8.92. The lowest BCUT2D eigenvalue weighted by molar-refractivity contribution is -0.121. The van der Waals surface area contributed by atoms with Gasteiger partial charge in [-0.15, -0.1) is 0 Å². The highest BCUT2D eigenvalue weighted by atomic mass is 32.2. The number of urea groups is 1. The van der Waals surface area contributed by atoms with E-state index in [4.69, 9.17) is 0 Å². The maximum absolute atomic E-state index is 13.1. The number of fused-ring (bicyclic) bond motifs is 1. The van der Waals surface area contributed by atoms with Gasteiger partial charge in [0.15, 0.2) is 0 Å². The minimum Gasteiger partial charge on any atom is -0.335 e. The minimum atomic E-state index is -3.70. The molecular formula is C18H24N6O4S2. The van der Waals surface area contributed by atoms with Gasteiger partial charge in [-0.2, -0.15) is 13.1 Å². The van der Waals surface area contributed by atoms with Gasteiger partial charge in [-0.25, -0.2) is 13.2 Å². The van der Waals surface area contributed by atoms with Crippen molar-refractivity contribution in [1.29, 1.82) is 0 Å². The van der Waals surface area contributed by atoms with Crippen LogP contribution >= 0.6 is 11.7 Å². The van der Waals surface area contributed by atoms with E-state index in [1.165, 1.54) is 4.31 Å². The SMILES string of the molecule is O=C(CN1CCN(S(=O)(=O)c2cccc3nsnc23)CC1)NC(=O)NC1CCCC1. The Morgan fingerprint density at radius 2 is 1.83 bits per heavy atom. The number of carbonyl (C=O) groups is 2. The van der Waals surface area contributed by atoms with E-state index in [-0.39, 0.29) is 36.5 Å². The molecule has 1 saturated carbocycles. The molecule has 2 aromatic rings. The summed E-state index contributed by atoms with van der Waals surface area (Å²) in [5.74, 6) is -0.389. The number of aromatic nitrogens is 2. The number of amides is 3. The monoisotopic (exact) mass is 452 g/mol. The van der Waals surface area contributed by atoms with Crippen LogP contribution in [0, 0.1) is 0 Å². The van der Waals surface area contributed by atoms with Crippen LogP contribution in [0.4, 0.5) is 4.79 Å². The van der Waals surface area contributed by atoms with Crippen LogP contribution in [0.5, 0.6) is 0 Å². The molecule has 2 aliphatic rings. The van der Waals surface area contributed by atoms with Crippen molar-refractivity contribution in [2.45, 2.75) is 36.6 Å². The summed E-state index contributed by atoms with van der Waals surface area (Å²) < 4.78 is 35.7. The number of nitrogens with one attached hydrogen (secondary N) is 2. The molecule has 1 aromatic carbocycles. The minimum absolute atomic E-state index is 0.0531. The first-order valence-electron chi connectivity index (χ1n) is 9.97. The molecule has 1 aliphatic carbocycles. The van der Waals surface area contributed by atoms with Gasteiger partial charge in [-0.05, 0) is 25.0 Å². The largest absolute Gasteiger partial charge is 0.335 e. The van der Waals surface area contributed by atoms with Gasteiger partial charge in [0, 0.05) is 32.2 Å². The van der Waals surface area contributed by atoms with Gasteiger partial charge in [-0.3, -0.25) is 15.0 Å². The van der Waals surface area contributed by atoms with Crippen LogP contribution in [0.2, 0.25) is 0 Å². The third kappa shape index (κ3) is 4.61. The smallest absolute Gasteiger partial charge is 0.321 e. The first-order chi connectivity index (χ1) is 14.4. The van der Waals surface area contributed by atoms with Crippen LogP contribution in [0.1, 0.15) is 25.7 Å². The number of nitrogens with zero attached hydrogens (tertiary/aromatic N) is 4. The molecule has 2 fully saturated rings. The van der Waals surface area contributed by atoms with E-state index in [1.807, 2.05) is 4.90 Å². The van der Waals surface area contributed by atoms with Crippen molar-refractivity contribution in [1.82, 2.24) is 28.6 Å². The topological polar surface area (TPSA) is 125 Å². The van der Waals surface area contributed by atoms with E-state index in [2.05, 4.69) is 19.4 Å². The van der Waals surface area contributed by atoms with E-state index in [1.54, 1.807) is 18.2 Å². The summed E-state index contributed by atoms with van der Waals surface area (Å²) in [7, 11) is -3.70. The number of rotatable bonds is 5. The van der Waals surface area contributed by atoms with Gasteiger partial charge >= 0.3 is 6.03 Å². The first kappa shape index (κ1) is 21.1. The summed E-state index contributed by atoms with van der Waals surface area (Å²) in [5, 5.41) is 5.18. The molecular weight excluding hydrogens is 428 g/mol. The third-order valence-electron chi connectivity index (χ3n) is 5.51. The molecule has 12 heteroatoms. The van der Waals surface area contributed by atoms with Crippen LogP contribution in [0.25, 0.3) is 11.0 Å². The lowest BCUT2D eigenvalue weighted by atomic mass is 10.2. The predicted molar refractivity (Wildman–Crippen MR) is 112 cm³/mol. The standard InChI is InChI=1S/C18H24N6O4S2/c25-16(20-18(26)19-13-4-1-2-5-13)12-23-8-10-24(11-9-23)30(27,28)15-7-3-6-14-17(15)22-29-21-14/h3,6-7,13H,1-2,4-5,8-12H2,(H2,19,20,25,26). The number of piperazine rings is 1. The Bertz CT molecular complexity index is 1030. The molecule has 162 valence electrons. The van der Waals surface area contributed by atoms with Crippen molar-refractivity contribution in [3.63, 3.8) is 0 Å². The predicted octanol–water partition coefficient (Wildman–Crippen LogP) is 0.766. The molecule has 0 spiro atoms. The van der Waals surface area contributed by atoms with Crippen molar-refractivity contribution >= 4 is 44.7 Å². The molecule has 0 unspecified atom stereocenters. The molecule has 2 N–H and O–H groups in total. The molecule has 2 heterocycles. The van der Waals surface area contributed by atoms with Gasteiger partial charge in [-0.1, -0.05) is 18.9 Å². The number of imide groups is 1. The first-order valence-corrected chi connectivity index (χ1v) is 12.1. The molecule has 1 aromatic heterocycles. The lowest BCUT2D eigenvalue weighted by Gasteiger charge is -2.33. The summed E-state index contributed by atoms with van der Waals surface area (Å²) in [6, 6.07) is 4.62. The summed E-state index contributed by atoms with van der Waals surface area (Å²) in [6.07, 6.45) is 4.09. The van der Waals surface area contributed by atoms with Crippen molar-refractivity contribution < 1.29 is 18.0 Å². The van der Waals surface area contributed by atoms with Crippen LogP contribution in [0.3, 0.4) is 0 Å². The van der Waals surface area contributed by atoms with Crippen molar-refractivity contribution in [3.8, 4) is 0 Å². The van der Waals surface area contributed by atoms with Crippen LogP contribution in [0.15, 0.2) is 23.1 Å². The Morgan fingerprint density at radius 1 is 1.10 bits per heavy atom. The summed E-state index contributed by atoms with van der Waals surface area (Å²) in [4.78, 5) is 26.1. The summed E-state index contributed by atoms with van der Waals surface area (Å²) in [5.41, 5.74) is 0.949. The van der Waals surface area contributed by atoms with Crippen LogP contribution < -0.4 is 10.6 Å². The maximum atomic E-state index is 13.1. The fourth-order valence-corrected chi connectivity index (χ4v) is 6.09. The van der Waals surface area contributed by atoms with E-state index in [9.17, 15) is 18.0 Å². The van der Waals surface area contributed by atoms with Crippen LogP contribution in [-0.4, -0.2) is 77.1 Å². The fraction of sp³-hybridized carbons (Fsp3) is 0.556. The molecule has 0 bridgehead atoms. The second-order valence-corrected chi connectivity index (χ2v) is 10.0. The Morgan fingerprint density at radius 3 is 2.57 bits per heavy atom. The van der Waals surface area contributed by atoms with E-state index >= 15 is 0 Å². The average molecular weight is 453 g/mol. The zero-order chi connectivity index (χ0) is 21.1. The number of hydrogen-bond acceptors (Lipinski definition) is 8. The fourth-order valence-electron chi connectivity index (χ4n) is 3.92. The third-order valence-corrected chi connectivity index (χ3v) is 7.98. The highest BCUT2D eigenvalue weighted by molar-refractivity contribution is 7.89. The van der Waals surface area contributed by atoms with Crippen molar-refractivity contribution in [2.24, 2.45) is 0 Å². The van der Waals surface area contributed by atoms with E-state index in [0.717, 1.165) is 37.4 Å². The van der Waals surface area contributed by atoms with E-state index in [0.29, 0.717) is 24.1 Å². The molecule has 30 heavy (non-hydrogen) atoms. The number of hydrogen-bond donors (Lipinski definition) is 2. The average Bonchev–Trinajstić information content (AvgIpc) is 3.39. The summed E-state index contributed by atoms with van der Waals surface area (Å²) in [6.45, 7) is 1.39. The van der Waals surface area contributed by atoms with Crippen molar-refractivity contribution in [2.75, 3.05) is 32.7 Å². The molecule has 10 nitrogen and oxygen atoms in total. The molecule has 1 aliphatic heterocycles. The molecule has 0 radical (unpaired) electrons. The molecule has 3 amide bonds. The zero-order valence-corrected chi connectivity index (χ0v) is 18.0. The lowest BCUT2D eigenvalue weighted by Crippen LogP contribution is -2.52. The number of carbonyl (C=O) groups excluding carboxylic acids is 2.